The fourth-order valence-corrected chi connectivity index (χ4v) is 5.56. The fraction of sp³-hybridized carbons (Fsp3) is 0.167. The molecule has 212 valence electrons. The molecular formula is C30H29ClN4O5S. The molecule has 0 fully saturated rings. The molecule has 1 aromatic heterocycles. The smallest absolute Gasteiger partial charge is 0.329 e. The van der Waals surface area contributed by atoms with Gasteiger partial charge in [0.1, 0.15) is 11.5 Å². The number of aryl methyl sites for hydroxylation is 3. The van der Waals surface area contributed by atoms with Crippen LogP contribution in [0.3, 0.4) is 0 Å². The molecule has 0 bridgehead atoms. The van der Waals surface area contributed by atoms with Gasteiger partial charge in [0.15, 0.2) is 0 Å². The van der Waals surface area contributed by atoms with Crippen LogP contribution in [0.1, 0.15) is 33.8 Å². The van der Waals surface area contributed by atoms with Crippen molar-refractivity contribution in [1.29, 1.82) is 0 Å². The number of nitrogens with one attached hydrogen (secondary N) is 2. The molecule has 0 aliphatic rings. The predicted molar refractivity (Wildman–Crippen MR) is 158 cm³/mol. The number of carbonyl (C=O) groups excluding carboxylic acids is 2. The highest BCUT2D eigenvalue weighted by molar-refractivity contribution is 7.89. The Morgan fingerprint density at radius 2 is 1.51 bits per heavy atom. The molecule has 9 nitrogen and oxygen atoms in total. The Morgan fingerprint density at radius 3 is 2.17 bits per heavy atom. The van der Waals surface area contributed by atoms with E-state index >= 15 is 0 Å². The van der Waals surface area contributed by atoms with Crippen molar-refractivity contribution in [3.8, 4) is 0 Å². The quantitative estimate of drug-likeness (QED) is 0.154. The minimum atomic E-state index is -3.90. The SMILES string of the molecule is Cc1ccc(CN(Cc2ccc(/C=N/NC(=O)C(=O)Nc3cc(C)cc(C)c3)o2)S(=O)(=O)c2ccc(Cl)cc2)cc1. The van der Waals surface area contributed by atoms with Crippen LogP contribution < -0.4 is 10.7 Å². The molecule has 0 saturated heterocycles. The predicted octanol–water partition coefficient (Wildman–Crippen LogP) is 5.34. The summed E-state index contributed by atoms with van der Waals surface area (Å²) in [5.74, 6) is -1.21. The van der Waals surface area contributed by atoms with Crippen molar-refractivity contribution in [2.45, 2.75) is 38.8 Å². The summed E-state index contributed by atoms with van der Waals surface area (Å²) in [5.41, 5.74) is 6.43. The molecule has 0 unspecified atom stereocenters. The van der Waals surface area contributed by atoms with Crippen molar-refractivity contribution in [3.05, 3.63) is 118 Å². The maximum absolute atomic E-state index is 13.5. The minimum absolute atomic E-state index is 0.0582. The van der Waals surface area contributed by atoms with Crippen LogP contribution in [0.15, 0.2) is 93.3 Å². The topological polar surface area (TPSA) is 121 Å². The van der Waals surface area contributed by atoms with E-state index < -0.39 is 21.8 Å². The Hall–Kier alpha value is -4.25. The van der Waals surface area contributed by atoms with Crippen LogP contribution in [-0.4, -0.2) is 30.8 Å². The van der Waals surface area contributed by atoms with Crippen molar-refractivity contribution in [2.75, 3.05) is 5.32 Å². The average Bonchev–Trinajstić information content (AvgIpc) is 3.36. The molecule has 0 spiro atoms. The number of rotatable bonds is 9. The Labute approximate surface area is 243 Å². The first-order valence-corrected chi connectivity index (χ1v) is 14.4. The number of amides is 2. The van der Waals surface area contributed by atoms with E-state index in [0.29, 0.717) is 16.5 Å². The highest BCUT2D eigenvalue weighted by Crippen LogP contribution is 2.23. The van der Waals surface area contributed by atoms with Crippen molar-refractivity contribution in [2.24, 2.45) is 5.10 Å². The number of benzene rings is 3. The molecule has 2 amide bonds. The molecule has 2 N–H and O–H groups in total. The number of halogens is 1. The Balaban J connectivity index is 1.44. The third kappa shape index (κ3) is 8.14. The zero-order valence-corrected chi connectivity index (χ0v) is 24.3. The van der Waals surface area contributed by atoms with Gasteiger partial charge in [-0.25, -0.2) is 13.8 Å². The Bertz CT molecular complexity index is 1660. The van der Waals surface area contributed by atoms with Gasteiger partial charge in [-0.1, -0.05) is 47.5 Å². The summed E-state index contributed by atoms with van der Waals surface area (Å²) in [6.45, 7) is 5.79. The normalized spacial score (nSPS) is 11.6. The number of furan rings is 1. The summed E-state index contributed by atoms with van der Waals surface area (Å²) < 4.78 is 34.1. The van der Waals surface area contributed by atoms with E-state index in [4.69, 9.17) is 16.0 Å². The van der Waals surface area contributed by atoms with E-state index in [9.17, 15) is 18.0 Å². The van der Waals surface area contributed by atoms with Crippen LogP contribution >= 0.6 is 11.6 Å². The van der Waals surface area contributed by atoms with Crippen LogP contribution in [0.4, 0.5) is 5.69 Å². The third-order valence-corrected chi connectivity index (χ3v) is 8.05. The molecule has 0 aliphatic carbocycles. The second-order valence-electron chi connectivity index (χ2n) is 9.55. The zero-order valence-electron chi connectivity index (χ0n) is 22.7. The maximum atomic E-state index is 13.5. The van der Waals surface area contributed by atoms with Crippen LogP contribution in [0.2, 0.25) is 5.02 Å². The molecule has 0 radical (unpaired) electrons. The van der Waals surface area contributed by atoms with Crippen molar-refractivity contribution in [1.82, 2.24) is 9.73 Å². The van der Waals surface area contributed by atoms with Gasteiger partial charge < -0.3 is 9.73 Å². The number of hydrogen-bond acceptors (Lipinski definition) is 6. The first kappa shape index (κ1) is 29.7. The fourth-order valence-electron chi connectivity index (χ4n) is 4.04. The molecule has 0 saturated carbocycles. The van der Waals surface area contributed by atoms with E-state index in [1.807, 2.05) is 51.1 Å². The summed E-state index contributed by atoms with van der Waals surface area (Å²) in [7, 11) is -3.90. The molecule has 11 heteroatoms. The lowest BCUT2D eigenvalue weighted by molar-refractivity contribution is -0.136. The van der Waals surface area contributed by atoms with Crippen molar-refractivity contribution < 1.29 is 22.4 Å². The number of nitrogens with zero attached hydrogens (tertiary/aromatic N) is 2. The summed E-state index contributed by atoms with van der Waals surface area (Å²) in [5, 5.41) is 6.75. The summed E-state index contributed by atoms with van der Waals surface area (Å²) in [6, 6.07) is 22.2. The lowest BCUT2D eigenvalue weighted by Gasteiger charge is -2.21. The largest absolute Gasteiger partial charge is 0.459 e. The molecule has 3 aromatic carbocycles. The van der Waals surface area contributed by atoms with Gasteiger partial charge in [-0.2, -0.15) is 9.41 Å². The van der Waals surface area contributed by atoms with E-state index in [1.54, 1.807) is 24.3 Å². The van der Waals surface area contributed by atoms with E-state index in [2.05, 4.69) is 15.8 Å². The Morgan fingerprint density at radius 1 is 0.854 bits per heavy atom. The van der Waals surface area contributed by atoms with Crippen molar-refractivity contribution >= 4 is 45.3 Å². The van der Waals surface area contributed by atoms with Crippen LogP contribution in [0.5, 0.6) is 0 Å². The van der Waals surface area contributed by atoms with E-state index in [0.717, 1.165) is 22.3 Å². The number of anilines is 1. The summed E-state index contributed by atoms with van der Waals surface area (Å²) in [6.07, 6.45) is 1.23. The average molecular weight is 593 g/mol. The maximum Gasteiger partial charge on any atom is 0.329 e. The molecule has 4 rings (SSSR count). The number of hydrogen-bond donors (Lipinski definition) is 2. The van der Waals surface area contributed by atoms with Gasteiger partial charge in [-0.05, 0) is 86.0 Å². The van der Waals surface area contributed by atoms with Crippen LogP contribution in [0, 0.1) is 20.8 Å². The van der Waals surface area contributed by atoms with E-state index in [1.165, 1.54) is 34.8 Å². The first-order chi connectivity index (χ1) is 19.5. The lowest BCUT2D eigenvalue weighted by atomic mass is 10.1. The van der Waals surface area contributed by atoms with E-state index in [-0.39, 0.29) is 23.7 Å². The summed E-state index contributed by atoms with van der Waals surface area (Å²) >= 11 is 5.96. The van der Waals surface area contributed by atoms with Crippen LogP contribution in [0.25, 0.3) is 0 Å². The monoisotopic (exact) mass is 592 g/mol. The van der Waals surface area contributed by atoms with Gasteiger partial charge in [0.2, 0.25) is 10.0 Å². The number of carbonyl (C=O) groups is 2. The van der Waals surface area contributed by atoms with Gasteiger partial charge >= 0.3 is 11.8 Å². The highest BCUT2D eigenvalue weighted by atomic mass is 35.5. The van der Waals surface area contributed by atoms with Gasteiger partial charge in [-0.3, -0.25) is 9.59 Å². The first-order valence-electron chi connectivity index (χ1n) is 12.6. The summed E-state index contributed by atoms with van der Waals surface area (Å²) in [4.78, 5) is 24.5. The van der Waals surface area contributed by atoms with Crippen molar-refractivity contribution in [3.63, 3.8) is 0 Å². The standard InChI is InChI=1S/C30H29ClN4O5S/c1-20-4-6-23(7-5-20)18-35(41(38,39)28-12-8-24(31)9-13-28)19-27-11-10-26(40-27)17-32-34-30(37)29(36)33-25-15-21(2)14-22(3)16-25/h4-17H,18-19H2,1-3H3,(H,33,36)(H,34,37)/b32-17+. The molecule has 1 heterocycles. The van der Waals surface area contributed by atoms with Gasteiger partial charge in [-0.15, -0.1) is 0 Å². The molecule has 4 aromatic rings. The molecule has 41 heavy (non-hydrogen) atoms. The van der Waals surface area contributed by atoms with Crippen LogP contribution in [-0.2, 0) is 32.7 Å². The second kappa shape index (κ2) is 12.9. The molecular weight excluding hydrogens is 564 g/mol. The lowest BCUT2D eigenvalue weighted by Crippen LogP contribution is -2.32. The van der Waals surface area contributed by atoms with Gasteiger partial charge in [0.05, 0.1) is 17.7 Å². The molecule has 0 atom stereocenters. The Kier molecular flexibility index (Phi) is 9.38. The van der Waals surface area contributed by atoms with Gasteiger partial charge in [0, 0.05) is 17.3 Å². The third-order valence-electron chi connectivity index (χ3n) is 5.99. The van der Waals surface area contributed by atoms with Gasteiger partial charge in [0.25, 0.3) is 0 Å². The zero-order chi connectivity index (χ0) is 29.6. The molecule has 0 aliphatic heterocycles. The highest BCUT2D eigenvalue weighted by Gasteiger charge is 2.26. The number of hydrazone groups is 1. The second-order valence-corrected chi connectivity index (χ2v) is 11.9. The number of sulfonamides is 1. The minimum Gasteiger partial charge on any atom is -0.459 e.